The molecule has 1 N–H and O–H groups in total. The third-order valence-corrected chi connectivity index (χ3v) is 2.28. The number of anilines is 1. The number of rotatable bonds is 3. The number of aromatic nitrogens is 4. The van der Waals surface area contributed by atoms with E-state index in [0.717, 1.165) is 5.69 Å². The van der Waals surface area contributed by atoms with Gasteiger partial charge in [-0.05, 0) is 22.6 Å². The summed E-state index contributed by atoms with van der Waals surface area (Å²) in [7, 11) is 0. The Kier molecular flexibility index (Phi) is 3.13. The lowest BCUT2D eigenvalue weighted by Crippen LogP contribution is -2.19. The van der Waals surface area contributed by atoms with E-state index in [4.69, 9.17) is 0 Å². The normalized spacial score (nSPS) is 10.5. The summed E-state index contributed by atoms with van der Waals surface area (Å²) in [6, 6.07) is 7.37. The minimum absolute atomic E-state index is 0.0366. The lowest BCUT2D eigenvalue weighted by Gasteiger charge is -2.11. The van der Waals surface area contributed by atoms with Crippen LogP contribution in [0.3, 0.4) is 0 Å². The molecule has 0 fully saturated rings. The number of carbonyl (C=O) groups excluding carboxylic acids is 1. The Balaban J connectivity index is 2.32. The molecule has 88 valence electrons. The van der Waals surface area contributed by atoms with Gasteiger partial charge in [0.15, 0.2) is 0 Å². The Bertz CT molecular complexity index is 506. The summed E-state index contributed by atoms with van der Waals surface area (Å²) in [6.45, 7) is 3.68. The maximum Gasteiger partial charge on any atom is 0.226 e. The molecule has 0 aliphatic rings. The summed E-state index contributed by atoms with van der Waals surface area (Å²) in [5.41, 5.74) is 1.44. The van der Waals surface area contributed by atoms with Crippen molar-refractivity contribution in [3.63, 3.8) is 0 Å². The van der Waals surface area contributed by atoms with Crippen LogP contribution in [-0.2, 0) is 4.79 Å². The first-order chi connectivity index (χ1) is 8.18. The highest BCUT2D eigenvalue weighted by molar-refractivity contribution is 5.93. The van der Waals surface area contributed by atoms with E-state index < -0.39 is 0 Å². The van der Waals surface area contributed by atoms with Crippen LogP contribution < -0.4 is 5.32 Å². The number of tetrazole rings is 1. The largest absolute Gasteiger partial charge is 0.324 e. The fourth-order valence-corrected chi connectivity index (χ4v) is 1.33. The first-order valence-electron chi connectivity index (χ1n) is 5.31. The molecule has 0 spiro atoms. The van der Waals surface area contributed by atoms with E-state index in [1.807, 2.05) is 38.1 Å². The quantitative estimate of drug-likeness (QED) is 0.863. The molecule has 2 aromatic rings. The molecule has 6 nitrogen and oxygen atoms in total. The first kappa shape index (κ1) is 11.3. The summed E-state index contributed by atoms with van der Waals surface area (Å²) >= 11 is 0. The van der Waals surface area contributed by atoms with Crippen molar-refractivity contribution in [3.05, 3.63) is 30.6 Å². The molecule has 0 atom stereocenters. The average Bonchev–Trinajstić information content (AvgIpc) is 2.83. The standard InChI is InChI=1S/C11H13N5O/c1-8(2)11(17)13-9-5-3-4-6-10(9)16-7-12-14-15-16/h3-8H,1-2H3,(H,13,17). The highest BCUT2D eigenvalue weighted by Gasteiger charge is 2.11. The van der Waals surface area contributed by atoms with E-state index in [9.17, 15) is 4.79 Å². The van der Waals surface area contributed by atoms with Crippen molar-refractivity contribution in [1.82, 2.24) is 20.2 Å². The summed E-state index contributed by atoms with van der Waals surface area (Å²) in [5, 5.41) is 13.8. The molecule has 0 aliphatic heterocycles. The van der Waals surface area contributed by atoms with Crippen LogP contribution in [0.1, 0.15) is 13.8 Å². The van der Waals surface area contributed by atoms with E-state index >= 15 is 0 Å². The SMILES string of the molecule is CC(C)C(=O)Nc1ccccc1-n1cnnn1. The van der Waals surface area contributed by atoms with Gasteiger partial charge in [0.05, 0.1) is 11.4 Å². The Morgan fingerprint density at radius 2 is 2.12 bits per heavy atom. The minimum Gasteiger partial charge on any atom is -0.324 e. The van der Waals surface area contributed by atoms with Gasteiger partial charge in [-0.3, -0.25) is 4.79 Å². The molecule has 2 rings (SSSR count). The number of carbonyl (C=O) groups is 1. The number of benzene rings is 1. The smallest absolute Gasteiger partial charge is 0.226 e. The van der Waals surface area contributed by atoms with Crippen molar-refractivity contribution in [3.8, 4) is 5.69 Å². The van der Waals surface area contributed by atoms with Crippen molar-refractivity contribution < 1.29 is 4.79 Å². The van der Waals surface area contributed by atoms with Crippen LogP contribution in [0.25, 0.3) is 5.69 Å². The third kappa shape index (κ3) is 2.47. The highest BCUT2D eigenvalue weighted by atomic mass is 16.1. The van der Waals surface area contributed by atoms with Gasteiger partial charge >= 0.3 is 0 Å². The van der Waals surface area contributed by atoms with E-state index in [0.29, 0.717) is 5.69 Å². The molecule has 1 amide bonds. The molecular weight excluding hydrogens is 218 g/mol. The Hall–Kier alpha value is -2.24. The van der Waals surface area contributed by atoms with Crippen molar-refractivity contribution in [2.75, 3.05) is 5.32 Å². The first-order valence-corrected chi connectivity index (χ1v) is 5.31. The van der Waals surface area contributed by atoms with E-state index in [1.54, 1.807) is 0 Å². The number of hydrogen-bond acceptors (Lipinski definition) is 4. The second-order valence-corrected chi connectivity index (χ2v) is 3.92. The molecule has 0 saturated carbocycles. The molecule has 0 bridgehead atoms. The zero-order valence-electron chi connectivity index (χ0n) is 9.66. The Morgan fingerprint density at radius 1 is 1.35 bits per heavy atom. The molecular formula is C11H13N5O. The Morgan fingerprint density at radius 3 is 2.76 bits per heavy atom. The predicted octanol–water partition coefficient (Wildman–Crippen LogP) is 1.26. The number of nitrogens with one attached hydrogen (secondary N) is 1. The van der Waals surface area contributed by atoms with Gasteiger partial charge in [0.1, 0.15) is 6.33 Å². The van der Waals surface area contributed by atoms with Gasteiger partial charge in [-0.2, -0.15) is 4.68 Å². The van der Waals surface area contributed by atoms with Gasteiger partial charge in [-0.15, -0.1) is 5.10 Å². The van der Waals surface area contributed by atoms with Crippen LogP contribution in [0.15, 0.2) is 30.6 Å². The zero-order chi connectivity index (χ0) is 12.3. The fourth-order valence-electron chi connectivity index (χ4n) is 1.33. The Labute approximate surface area is 98.6 Å². The van der Waals surface area contributed by atoms with Crippen LogP contribution in [0.5, 0.6) is 0 Å². The summed E-state index contributed by atoms with van der Waals surface area (Å²) in [5.74, 6) is -0.109. The van der Waals surface area contributed by atoms with Crippen LogP contribution in [0.4, 0.5) is 5.69 Å². The lowest BCUT2D eigenvalue weighted by molar-refractivity contribution is -0.118. The molecule has 1 heterocycles. The van der Waals surface area contributed by atoms with Gasteiger partial charge in [-0.25, -0.2) is 0 Å². The summed E-state index contributed by atoms with van der Waals surface area (Å²) in [6.07, 6.45) is 1.49. The van der Waals surface area contributed by atoms with Crippen molar-refractivity contribution in [1.29, 1.82) is 0 Å². The summed E-state index contributed by atoms with van der Waals surface area (Å²) in [4.78, 5) is 11.7. The average molecular weight is 231 g/mol. The number of nitrogens with zero attached hydrogens (tertiary/aromatic N) is 4. The number of amides is 1. The predicted molar refractivity (Wildman–Crippen MR) is 62.6 cm³/mol. The third-order valence-electron chi connectivity index (χ3n) is 2.28. The second kappa shape index (κ2) is 4.73. The topological polar surface area (TPSA) is 72.7 Å². The van der Waals surface area contributed by atoms with Crippen LogP contribution in [0, 0.1) is 5.92 Å². The lowest BCUT2D eigenvalue weighted by atomic mass is 10.2. The maximum absolute atomic E-state index is 11.7. The molecule has 0 aliphatic carbocycles. The van der Waals surface area contributed by atoms with Crippen LogP contribution in [-0.4, -0.2) is 26.1 Å². The minimum atomic E-state index is -0.0723. The molecule has 17 heavy (non-hydrogen) atoms. The molecule has 1 aromatic carbocycles. The van der Waals surface area contributed by atoms with Gasteiger partial charge < -0.3 is 5.32 Å². The van der Waals surface area contributed by atoms with Crippen LogP contribution >= 0.6 is 0 Å². The van der Waals surface area contributed by atoms with Crippen LogP contribution in [0.2, 0.25) is 0 Å². The van der Waals surface area contributed by atoms with E-state index in [1.165, 1.54) is 11.0 Å². The second-order valence-electron chi connectivity index (χ2n) is 3.92. The van der Waals surface area contributed by atoms with Gasteiger partial charge in [-0.1, -0.05) is 26.0 Å². The van der Waals surface area contributed by atoms with Gasteiger partial charge in [0.2, 0.25) is 5.91 Å². The van der Waals surface area contributed by atoms with E-state index in [-0.39, 0.29) is 11.8 Å². The van der Waals surface area contributed by atoms with E-state index in [2.05, 4.69) is 20.8 Å². The van der Waals surface area contributed by atoms with Gasteiger partial charge in [0.25, 0.3) is 0 Å². The highest BCUT2D eigenvalue weighted by Crippen LogP contribution is 2.18. The molecule has 0 radical (unpaired) electrons. The van der Waals surface area contributed by atoms with Crippen molar-refractivity contribution >= 4 is 11.6 Å². The fraction of sp³-hybridized carbons (Fsp3) is 0.273. The summed E-state index contributed by atoms with van der Waals surface area (Å²) < 4.78 is 1.51. The zero-order valence-corrected chi connectivity index (χ0v) is 9.66. The van der Waals surface area contributed by atoms with Crippen molar-refractivity contribution in [2.45, 2.75) is 13.8 Å². The molecule has 1 aromatic heterocycles. The monoisotopic (exact) mass is 231 g/mol. The van der Waals surface area contributed by atoms with Crippen molar-refractivity contribution in [2.24, 2.45) is 5.92 Å². The maximum atomic E-state index is 11.7. The number of para-hydroxylation sites is 2. The molecule has 6 heteroatoms. The molecule has 0 unspecified atom stereocenters. The number of hydrogen-bond donors (Lipinski definition) is 1. The molecule has 0 saturated heterocycles. The van der Waals surface area contributed by atoms with Gasteiger partial charge in [0, 0.05) is 5.92 Å².